The summed E-state index contributed by atoms with van der Waals surface area (Å²) >= 11 is 0. The lowest BCUT2D eigenvalue weighted by molar-refractivity contribution is -0.385. The molecule has 0 fully saturated rings. The number of hydrogen-bond acceptors (Lipinski definition) is 3. The number of benzene rings is 2. The van der Waals surface area contributed by atoms with Crippen LogP contribution in [0.25, 0.3) is 0 Å². The highest BCUT2D eigenvalue weighted by molar-refractivity contribution is 5.97. The Kier molecular flexibility index (Phi) is 3.94. The molecule has 0 saturated heterocycles. The zero-order valence-corrected chi connectivity index (χ0v) is 11.4. The molecule has 0 radical (unpaired) electrons. The van der Waals surface area contributed by atoms with Gasteiger partial charge in [-0.15, -0.1) is 0 Å². The number of carbonyl (C=O) groups excluding carboxylic acids is 1. The van der Waals surface area contributed by atoms with E-state index >= 15 is 0 Å². The number of hydrogen-bond donors (Lipinski definition) is 0. The third-order valence-electron chi connectivity index (χ3n) is 3.20. The zero-order valence-electron chi connectivity index (χ0n) is 11.4. The van der Waals surface area contributed by atoms with E-state index in [0.29, 0.717) is 17.5 Å². The fourth-order valence-corrected chi connectivity index (χ4v) is 2.03. The SMILES string of the molecule is Cc1ccc(CC(=O)c2ccc([N+](=O)[O-])c(C)c2)cc1. The first-order chi connectivity index (χ1) is 9.47. The van der Waals surface area contributed by atoms with Crippen molar-refractivity contribution in [3.8, 4) is 0 Å². The largest absolute Gasteiger partial charge is 0.294 e. The van der Waals surface area contributed by atoms with E-state index in [4.69, 9.17) is 0 Å². The second-order valence-electron chi connectivity index (χ2n) is 4.84. The van der Waals surface area contributed by atoms with Gasteiger partial charge in [-0.3, -0.25) is 14.9 Å². The predicted molar refractivity (Wildman–Crippen MR) is 77.0 cm³/mol. The van der Waals surface area contributed by atoms with Gasteiger partial charge in [-0.2, -0.15) is 0 Å². The van der Waals surface area contributed by atoms with Gasteiger partial charge in [0.1, 0.15) is 0 Å². The van der Waals surface area contributed by atoms with Crippen LogP contribution < -0.4 is 0 Å². The fraction of sp³-hybridized carbons (Fsp3) is 0.188. The molecular formula is C16H15NO3. The molecule has 0 saturated carbocycles. The average molecular weight is 269 g/mol. The van der Waals surface area contributed by atoms with E-state index in [1.54, 1.807) is 13.0 Å². The summed E-state index contributed by atoms with van der Waals surface area (Å²) in [6.07, 6.45) is 0.303. The van der Waals surface area contributed by atoms with Gasteiger partial charge >= 0.3 is 0 Å². The van der Waals surface area contributed by atoms with E-state index in [1.807, 2.05) is 31.2 Å². The summed E-state index contributed by atoms with van der Waals surface area (Å²) in [5, 5.41) is 10.7. The van der Waals surface area contributed by atoms with E-state index in [0.717, 1.165) is 11.1 Å². The number of Topliss-reactive ketones (excluding diaryl/α,β-unsaturated/α-hetero) is 1. The summed E-state index contributed by atoms with van der Waals surface area (Å²) in [6.45, 7) is 3.63. The van der Waals surface area contributed by atoms with Crippen molar-refractivity contribution in [2.75, 3.05) is 0 Å². The number of rotatable bonds is 4. The summed E-state index contributed by atoms with van der Waals surface area (Å²) < 4.78 is 0. The number of aryl methyl sites for hydroxylation is 2. The standard InChI is InChI=1S/C16H15NO3/c1-11-3-5-13(6-4-11)10-16(18)14-7-8-15(17(19)20)12(2)9-14/h3-9H,10H2,1-2H3. The van der Waals surface area contributed by atoms with Crippen molar-refractivity contribution in [2.45, 2.75) is 20.3 Å². The summed E-state index contributed by atoms with van der Waals surface area (Å²) in [4.78, 5) is 22.5. The lowest BCUT2D eigenvalue weighted by atomic mass is 10.0. The normalized spacial score (nSPS) is 10.3. The third kappa shape index (κ3) is 3.09. The summed E-state index contributed by atoms with van der Waals surface area (Å²) in [5.41, 5.74) is 3.14. The van der Waals surface area contributed by atoms with Crippen LogP contribution in [0.1, 0.15) is 27.0 Å². The second-order valence-corrected chi connectivity index (χ2v) is 4.84. The maximum absolute atomic E-state index is 12.2. The minimum absolute atomic E-state index is 0.0353. The molecule has 2 aromatic rings. The van der Waals surface area contributed by atoms with Crippen molar-refractivity contribution < 1.29 is 9.72 Å². The highest BCUT2D eigenvalue weighted by Crippen LogP contribution is 2.20. The van der Waals surface area contributed by atoms with Crippen LogP contribution in [-0.2, 0) is 6.42 Å². The molecule has 0 aliphatic heterocycles. The maximum atomic E-state index is 12.2. The Bertz CT molecular complexity index is 660. The van der Waals surface area contributed by atoms with Crippen LogP contribution in [0.4, 0.5) is 5.69 Å². The molecule has 20 heavy (non-hydrogen) atoms. The molecule has 0 unspecified atom stereocenters. The minimum Gasteiger partial charge on any atom is -0.294 e. The van der Waals surface area contributed by atoms with Gasteiger partial charge in [-0.1, -0.05) is 29.8 Å². The number of carbonyl (C=O) groups is 1. The summed E-state index contributed by atoms with van der Waals surface area (Å²) in [5.74, 6) is -0.0353. The van der Waals surface area contributed by atoms with Crippen LogP contribution in [0.3, 0.4) is 0 Å². The van der Waals surface area contributed by atoms with E-state index in [2.05, 4.69) is 0 Å². The number of nitro benzene ring substituents is 1. The number of ketones is 1. The van der Waals surface area contributed by atoms with Crippen molar-refractivity contribution in [1.29, 1.82) is 0 Å². The Morgan fingerprint density at radius 3 is 2.30 bits per heavy atom. The highest BCUT2D eigenvalue weighted by atomic mass is 16.6. The quantitative estimate of drug-likeness (QED) is 0.483. The monoisotopic (exact) mass is 269 g/mol. The molecule has 0 aliphatic carbocycles. The number of nitrogens with zero attached hydrogens (tertiary/aromatic N) is 1. The topological polar surface area (TPSA) is 60.2 Å². The van der Waals surface area contributed by atoms with Crippen LogP contribution in [0.2, 0.25) is 0 Å². The van der Waals surface area contributed by atoms with Gasteiger partial charge in [0, 0.05) is 23.6 Å². The third-order valence-corrected chi connectivity index (χ3v) is 3.20. The molecule has 0 heterocycles. The summed E-state index contributed by atoms with van der Waals surface area (Å²) in [7, 11) is 0. The first-order valence-corrected chi connectivity index (χ1v) is 6.31. The Balaban J connectivity index is 2.19. The van der Waals surface area contributed by atoms with Crippen LogP contribution in [-0.4, -0.2) is 10.7 Å². The minimum atomic E-state index is -0.441. The Morgan fingerprint density at radius 2 is 1.75 bits per heavy atom. The van der Waals surface area contributed by atoms with Crippen molar-refractivity contribution >= 4 is 11.5 Å². The molecule has 2 aromatic carbocycles. The van der Waals surface area contributed by atoms with Crippen molar-refractivity contribution in [3.63, 3.8) is 0 Å². The van der Waals surface area contributed by atoms with Crippen LogP contribution in [0.5, 0.6) is 0 Å². The molecular weight excluding hydrogens is 254 g/mol. The molecule has 102 valence electrons. The molecule has 0 aromatic heterocycles. The van der Waals surface area contributed by atoms with Gasteiger partial charge in [-0.05, 0) is 31.5 Å². The fourth-order valence-electron chi connectivity index (χ4n) is 2.03. The molecule has 0 aliphatic rings. The molecule has 2 rings (SSSR count). The van der Waals surface area contributed by atoms with E-state index in [9.17, 15) is 14.9 Å². The molecule has 0 bridgehead atoms. The van der Waals surface area contributed by atoms with Crippen molar-refractivity contribution in [2.24, 2.45) is 0 Å². The molecule has 4 heteroatoms. The van der Waals surface area contributed by atoms with Gasteiger partial charge < -0.3 is 0 Å². The van der Waals surface area contributed by atoms with Crippen molar-refractivity contribution in [3.05, 3.63) is 74.8 Å². The Morgan fingerprint density at radius 1 is 1.10 bits per heavy atom. The Labute approximate surface area is 117 Å². The van der Waals surface area contributed by atoms with E-state index in [1.165, 1.54) is 12.1 Å². The van der Waals surface area contributed by atoms with Crippen LogP contribution in [0, 0.1) is 24.0 Å². The predicted octanol–water partition coefficient (Wildman–Crippen LogP) is 3.64. The molecule has 4 nitrogen and oxygen atoms in total. The summed E-state index contributed by atoms with van der Waals surface area (Å²) in [6, 6.07) is 12.2. The van der Waals surface area contributed by atoms with Gasteiger partial charge in [0.25, 0.3) is 5.69 Å². The molecule has 0 amide bonds. The average Bonchev–Trinajstić information content (AvgIpc) is 2.40. The second kappa shape index (κ2) is 5.65. The molecule has 0 N–H and O–H groups in total. The molecule has 0 atom stereocenters. The zero-order chi connectivity index (χ0) is 14.7. The lowest BCUT2D eigenvalue weighted by Gasteiger charge is -2.04. The van der Waals surface area contributed by atoms with E-state index in [-0.39, 0.29) is 11.5 Å². The first-order valence-electron chi connectivity index (χ1n) is 6.31. The smallest absolute Gasteiger partial charge is 0.272 e. The van der Waals surface area contributed by atoms with Crippen molar-refractivity contribution in [1.82, 2.24) is 0 Å². The maximum Gasteiger partial charge on any atom is 0.272 e. The van der Waals surface area contributed by atoms with Gasteiger partial charge in [0.15, 0.2) is 5.78 Å². The van der Waals surface area contributed by atoms with Gasteiger partial charge in [0.2, 0.25) is 0 Å². The van der Waals surface area contributed by atoms with E-state index < -0.39 is 4.92 Å². The number of nitro groups is 1. The highest BCUT2D eigenvalue weighted by Gasteiger charge is 2.14. The lowest BCUT2D eigenvalue weighted by Crippen LogP contribution is -2.04. The molecule has 0 spiro atoms. The van der Waals surface area contributed by atoms with Gasteiger partial charge in [-0.25, -0.2) is 0 Å². The van der Waals surface area contributed by atoms with Gasteiger partial charge in [0.05, 0.1) is 4.92 Å². The first kappa shape index (κ1) is 13.9. The van der Waals surface area contributed by atoms with Crippen LogP contribution >= 0.6 is 0 Å². The Hall–Kier alpha value is -2.49. The van der Waals surface area contributed by atoms with Crippen LogP contribution in [0.15, 0.2) is 42.5 Å².